The Morgan fingerprint density at radius 3 is 2.67 bits per heavy atom. The molecule has 3 rings (SSSR count). The third kappa shape index (κ3) is 7.36. The van der Waals surface area contributed by atoms with Gasteiger partial charge in [-0.05, 0) is 54.8 Å². The van der Waals surface area contributed by atoms with E-state index in [1.54, 1.807) is 36.5 Å². The Hall–Kier alpha value is -4.38. The number of carbonyl (C=O) groups is 2. The Morgan fingerprint density at radius 1 is 1.09 bits per heavy atom. The van der Waals surface area contributed by atoms with Crippen molar-refractivity contribution in [1.29, 1.82) is 5.26 Å². The van der Waals surface area contributed by atoms with E-state index in [0.717, 1.165) is 11.1 Å². The summed E-state index contributed by atoms with van der Waals surface area (Å²) in [6, 6.07) is 19.9. The number of hydrogen-bond acceptors (Lipinski definition) is 6. The number of rotatable bonds is 9. The first-order valence-electron chi connectivity index (χ1n) is 10.4. The Balaban J connectivity index is 1.40. The molecule has 2 amide bonds. The number of alkyl carbamates (subject to hydrolysis) is 1. The molecule has 0 aliphatic carbocycles. The van der Waals surface area contributed by atoms with Gasteiger partial charge in [-0.15, -0.1) is 0 Å². The fourth-order valence-electron chi connectivity index (χ4n) is 2.94. The van der Waals surface area contributed by atoms with Gasteiger partial charge in [0.25, 0.3) is 0 Å². The number of nitrogens with zero attached hydrogens (tertiary/aromatic N) is 2. The van der Waals surface area contributed by atoms with Crippen LogP contribution in [0.15, 0.2) is 66.9 Å². The Labute approximate surface area is 192 Å². The maximum atomic E-state index is 12.2. The highest BCUT2D eigenvalue weighted by atomic mass is 16.5. The van der Waals surface area contributed by atoms with Gasteiger partial charge in [0.1, 0.15) is 24.0 Å². The summed E-state index contributed by atoms with van der Waals surface area (Å²) in [4.78, 5) is 28.1. The van der Waals surface area contributed by atoms with E-state index in [4.69, 9.17) is 14.7 Å². The van der Waals surface area contributed by atoms with Crippen molar-refractivity contribution in [1.82, 2.24) is 10.3 Å². The molecule has 2 N–H and O–H groups in total. The van der Waals surface area contributed by atoms with E-state index >= 15 is 0 Å². The van der Waals surface area contributed by atoms with Gasteiger partial charge in [0.15, 0.2) is 0 Å². The highest BCUT2D eigenvalue weighted by molar-refractivity contribution is 5.91. The number of carbonyl (C=O) groups excluding carboxylic acids is 2. The third-order valence-corrected chi connectivity index (χ3v) is 4.64. The first-order chi connectivity index (χ1) is 16.0. The largest absolute Gasteiger partial charge is 0.445 e. The fourth-order valence-corrected chi connectivity index (χ4v) is 2.94. The van der Waals surface area contributed by atoms with Crippen molar-refractivity contribution in [3.63, 3.8) is 0 Å². The molecular formula is C25H24N4O4. The molecule has 0 aliphatic rings. The van der Waals surface area contributed by atoms with Gasteiger partial charge in [-0.3, -0.25) is 4.79 Å². The van der Waals surface area contributed by atoms with Crippen molar-refractivity contribution < 1.29 is 19.1 Å². The number of ether oxygens (including phenoxy) is 2. The molecule has 1 aromatic heterocycles. The number of aromatic nitrogens is 1. The average molecular weight is 444 g/mol. The van der Waals surface area contributed by atoms with E-state index in [2.05, 4.69) is 15.6 Å². The standard InChI is InChI=1S/C25H24N4O4/c1-18-15-21(33-24-20(16-26)9-5-13-27-24)11-12-22(18)29-23(30)10-6-14-28-25(31)32-17-19-7-3-2-4-8-19/h2-5,7-9,11-13,15H,6,10,14,17H2,1H3,(H,28,31)(H,29,30). The fraction of sp³-hybridized carbons (Fsp3) is 0.200. The summed E-state index contributed by atoms with van der Waals surface area (Å²) in [5.74, 6) is 0.576. The van der Waals surface area contributed by atoms with Crippen molar-refractivity contribution in [2.45, 2.75) is 26.4 Å². The Morgan fingerprint density at radius 2 is 1.91 bits per heavy atom. The molecule has 0 saturated carbocycles. The summed E-state index contributed by atoms with van der Waals surface area (Å²) in [5.41, 5.74) is 2.71. The van der Waals surface area contributed by atoms with Crippen LogP contribution in [-0.2, 0) is 16.1 Å². The molecule has 8 nitrogen and oxygen atoms in total. The maximum Gasteiger partial charge on any atom is 0.407 e. The lowest BCUT2D eigenvalue weighted by atomic mass is 10.2. The zero-order chi connectivity index (χ0) is 23.5. The number of benzene rings is 2. The minimum absolute atomic E-state index is 0.164. The van der Waals surface area contributed by atoms with E-state index in [0.29, 0.717) is 30.0 Å². The summed E-state index contributed by atoms with van der Waals surface area (Å²) in [6.45, 7) is 2.37. The number of hydrogen-bond donors (Lipinski definition) is 2. The molecule has 8 heteroatoms. The molecule has 0 atom stereocenters. The maximum absolute atomic E-state index is 12.2. The van der Waals surface area contributed by atoms with Gasteiger partial charge in [-0.1, -0.05) is 30.3 Å². The van der Waals surface area contributed by atoms with Crippen LogP contribution in [0, 0.1) is 18.3 Å². The molecule has 0 radical (unpaired) electrons. The van der Waals surface area contributed by atoms with E-state index < -0.39 is 6.09 Å². The number of pyridine rings is 1. The molecule has 1 heterocycles. The zero-order valence-electron chi connectivity index (χ0n) is 18.2. The normalized spacial score (nSPS) is 10.1. The molecule has 168 valence electrons. The monoisotopic (exact) mass is 444 g/mol. The second-order valence-corrected chi connectivity index (χ2v) is 7.19. The van der Waals surface area contributed by atoms with Gasteiger partial charge in [0, 0.05) is 24.8 Å². The van der Waals surface area contributed by atoms with Crippen molar-refractivity contribution >= 4 is 17.7 Å². The summed E-state index contributed by atoms with van der Waals surface area (Å²) < 4.78 is 10.8. The highest BCUT2D eigenvalue weighted by Crippen LogP contribution is 2.26. The molecule has 2 aromatic carbocycles. The molecule has 33 heavy (non-hydrogen) atoms. The van der Waals surface area contributed by atoms with Crippen LogP contribution in [0.5, 0.6) is 11.6 Å². The van der Waals surface area contributed by atoms with Crippen LogP contribution in [0.3, 0.4) is 0 Å². The van der Waals surface area contributed by atoms with Crippen LogP contribution in [0.1, 0.15) is 29.5 Å². The van der Waals surface area contributed by atoms with Crippen molar-refractivity contribution in [2.75, 3.05) is 11.9 Å². The van der Waals surface area contributed by atoms with Gasteiger partial charge in [0.05, 0.1) is 0 Å². The second-order valence-electron chi connectivity index (χ2n) is 7.19. The molecule has 0 unspecified atom stereocenters. The van der Waals surface area contributed by atoms with Crippen molar-refractivity contribution in [3.05, 3.63) is 83.6 Å². The lowest BCUT2D eigenvalue weighted by Gasteiger charge is -2.11. The van der Waals surface area contributed by atoms with Crippen LogP contribution >= 0.6 is 0 Å². The van der Waals surface area contributed by atoms with E-state index in [1.807, 2.05) is 43.3 Å². The number of nitrogens with one attached hydrogen (secondary N) is 2. The smallest absolute Gasteiger partial charge is 0.407 e. The molecule has 0 spiro atoms. The van der Waals surface area contributed by atoms with E-state index in [-0.39, 0.29) is 24.8 Å². The summed E-state index contributed by atoms with van der Waals surface area (Å²) >= 11 is 0. The predicted molar refractivity (Wildman–Crippen MR) is 123 cm³/mol. The Kier molecular flexibility index (Phi) is 8.37. The van der Waals surface area contributed by atoms with Crippen LogP contribution in [0.2, 0.25) is 0 Å². The van der Waals surface area contributed by atoms with Crippen LogP contribution in [-0.4, -0.2) is 23.5 Å². The lowest BCUT2D eigenvalue weighted by Crippen LogP contribution is -2.26. The predicted octanol–water partition coefficient (Wildman–Crippen LogP) is 4.70. The molecular weight excluding hydrogens is 420 g/mol. The Bertz CT molecular complexity index is 1140. The minimum Gasteiger partial charge on any atom is -0.445 e. The molecule has 0 bridgehead atoms. The van der Waals surface area contributed by atoms with Crippen molar-refractivity contribution in [3.8, 4) is 17.7 Å². The first kappa shape index (κ1) is 23.3. The number of amides is 2. The van der Waals surface area contributed by atoms with Gasteiger partial charge in [0.2, 0.25) is 11.8 Å². The summed E-state index contributed by atoms with van der Waals surface area (Å²) in [5, 5.41) is 14.6. The van der Waals surface area contributed by atoms with E-state index in [1.165, 1.54) is 0 Å². The van der Waals surface area contributed by atoms with Gasteiger partial charge in [-0.25, -0.2) is 9.78 Å². The molecule has 0 fully saturated rings. The summed E-state index contributed by atoms with van der Waals surface area (Å²) in [6.07, 6.45) is 1.76. The first-order valence-corrected chi connectivity index (χ1v) is 10.4. The van der Waals surface area contributed by atoms with Crippen LogP contribution in [0.4, 0.5) is 10.5 Å². The minimum atomic E-state index is -0.516. The molecule has 0 aliphatic heterocycles. The van der Waals surface area contributed by atoms with Gasteiger partial charge in [-0.2, -0.15) is 5.26 Å². The number of anilines is 1. The number of aryl methyl sites for hydroxylation is 1. The quantitative estimate of drug-likeness (QED) is 0.463. The number of nitriles is 1. The van der Waals surface area contributed by atoms with Gasteiger partial charge >= 0.3 is 6.09 Å². The summed E-state index contributed by atoms with van der Waals surface area (Å²) in [7, 11) is 0. The van der Waals surface area contributed by atoms with Gasteiger partial charge < -0.3 is 20.1 Å². The highest BCUT2D eigenvalue weighted by Gasteiger charge is 2.09. The lowest BCUT2D eigenvalue weighted by molar-refractivity contribution is -0.116. The van der Waals surface area contributed by atoms with E-state index in [9.17, 15) is 9.59 Å². The molecule has 3 aromatic rings. The third-order valence-electron chi connectivity index (χ3n) is 4.64. The molecule has 0 saturated heterocycles. The zero-order valence-corrected chi connectivity index (χ0v) is 18.2. The van der Waals surface area contributed by atoms with Crippen molar-refractivity contribution in [2.24, 2.45) is 0 Å². The van der Waals surface area contributed by atoms with Crippen LogP contribution < -0.4 is 15.4 Å². The average Bonchev–Trinajstić information content (AvgIpc) is 2.83. The topological polar surface area (TPSA) is 113 Å². The van der Waals surface area contributed by atoms with Crippen LogP contribution in [0.25, 0.3) is 0 Å². The second kappa shape index (κ2) is 11.9. The SMILES string of the molecule is Cc1cc(Oc2ncccc2C#N)ccc1NC(=O)CCCNC(=O)OCc1ccccc1.